The third kappa shape index (κ3) is 4.96. The summed E-state index contributed by atoms with van der Waals surface area (Å²) in [5, 5.41) is 3.52. The quantitative estimate of drug-likeness (QED) is 0.400. The van der Waals surface area contributed by atoms with Gasteiger partial charge in [0.15, 0.2) is 17.5 Å². The van der Waals surface area contributed by atoms with Crippen LogP contribution >= 0.6 is 24.0 Å². The Morgan fingerprint density at radius 1 is 1.19 bits per heavy atom. The Morgan fingerprint density at radius 3 is 2.46 bits per heavy atom. The van der Waals surface area contributed by atoms with Crippen molar-refractivity contribution < 1.29 is 9.47 Å². The summed E-state index contributed by atoms with van der Waals surface area (Å²) in [4.78, 5) is 6.95. The molecule has 5 nitrogen and oxygen atoms in total. The molecule has 1 aliphatic carbocycles. The molecular formula is C20H32IN3O2. The number of fused-ring (bicyclic) bond motifs is 1. The van der Waals surface area contributed by atoms with Gasteiger partial charge in [-0.2, -0.15) is 0 Å². The summed E-state index contributed by atoms with van der Waals surface area (Å²) in [6.07, 6.45) is 5.56. The zero-order valence-corrected chi connectivity index (χ0v) is 18.5. The molecule has 3 rings (SSSR count). The summed E-state index contributed by atoms with van der Waals surface area (Å²) in [5.74, 6) is 4.31. The Labute approximate surface area is 174 Å². The zero-order valence-electron chi connectivity index (χ0n) is 16.2. The van der Waals surface area contributed by atoms with Crippen LogP contribution in [0.15, 0.2) is 23.2 Å². The van der Waals surface area contributed by atoms with Gasteiger partial charge in [0.25, 0.3) is 0 Å². The maximum atomic E-state index is 5.59. The number of nitrogens with zero attached hydrogens (tertiary/aromatic N) is 2. The van der Waals surface area contributed by atoms with Crippen molar-refractivity contribution in [2.24, 2.45) is 16.8 Å². The van der Waals surface area contributed by atoms with Gasteiger partial charge >= 0.3 is 0 Å². The summed E-state index contributed by atoms with van der Waals surface area (Å²) in [6, 6.07) is 6.10. The fourth-order valence-electron chi connectivity index (χ4n) is 4.19. The van der Waals surface area contributed by atoms with E-state index in [1.54, 1.807) is 7.11 Å². The molecule has 0 bridgehead atoms. The average molecular weight is 473 g/mol. The van der Waals surface area contributed by atoms with Gasteiger partial charge in [-0.15, -0.1) is 24.0 Å². The van der Waals surface area contributed by atoms with Crippen LogP contribution in [0.25, 0.3) is 0 Å². The first-order valence-corrected chi connectivity index (χ1v) is 9.50. The third-order valence-electron chi connectivity index (χ3n) is 5.47. The molecular weight excluding hydrogens is 441 g/mol. The van der Waals surface area contributed by atoms with Crippen LogP contribution in [0.2, 0.25) is 0 Å². The minimum Gasteiger partial charge on any atom is -0.493 e. The number of ether oxygens (including phenoxy) is 2. The third-order valence-corrected chi connectivity index (χ3v) is 5.47. The highest BCUT2D eigenvalue weighted by atomic mass is 127. The van der Waals surface area contributed by atoms with Gasteiger partial charge in [-0.25, -0.2) is 0 Å². The standard InChI is InChI=1S/C20H31N3O2.HI/c1-4-25-18-10-9-15(11-19(18)24-3)12-22-20(21-2)23-13-16-7-5-6-8-17(16)14-23;/h9-11,16-17H,4-8,12-14H2,1-3H3,(H,21,22);1H. The van der Waals surface area contributed by atoms with E-state index in [4.69, 9.17) is 9.47 Å². The lowest BCUT2D eigenvalue weighted by atomic mass is 9.82. The van der Waals surface area contributed by atoms with Crippen LogP contribution in [0.4, 0.5) is 0 Å². The second-order valence-corrected chi connectivity index (χ2v) is 7.03. The second-order valence-electron chi connectivity index (χ2n) is 7.03. The van der Waals surface area contributed by atoms with Crippen molar-refractivity contribution >= 4 is 29.9 Å². The molecule has 146 valence electrons. The van der Waals surface area contributed by atoms with Gasteiger partial charge in [0.1, 0.15) is 0 Å². The van der Waals surface area contributed by atoms with Crippen molar-refractivity contribution in [2.75, 3.05) is 33.9 Å². The SMILES string of the molecule is CCOc1ccc(CNC(=NC)N2CC3CCCCC3C2)cc1OC.I. The van der Waals surface area contributed by atoms with Gasteiger partial charge < -0.3 is 19.7 Å². The highest BCUT2D eigenvalue weighted by Gasteiger charge is 2.35. The molecule has 1 saturated carbocycles. The lowest BCUT2D eigenvalue weighted by Crippen LogP contribution is -2.39. The van der Waals surface area contributed by atoms with Crippen LogP contribution < -0.4 is 14.8 Å². The van der Waals surface area contributed by atoms with Gasteiger partial charge in [0.05, 0.1) is 13.7 Å². The minimum absolute atomic E-state index is 0. The number of hydrogen-bond donors (Lipinski definition) is 1. The molecule has 26 heavy (non-hydrogen) atoms. The summed E-state index contributed by atoms with van der Waals surface area (Å²) < 4.78 is 11.0. The number of methoxy groups -OCH3 is 1. The van der Waals surface area contributed by atoms with Crippen LogP contribution in [0.1, 0.15) is 38.2 Å². The molecule has 1 aromatic rings. The summed E-state index contributed by atoms with van der Waals surface area (Å²) in [7, 11) is 3.56. The van der Waals surface area contributed by atoms with Gasteiger partial charge in [-0.1, -0.05) is 18.9 Å². The van der Waals surface area contributed by atoms with Crippen LogP contribution in [-0.2, 0) is 6.54 Å². The van der Waals surface area contributed by atoms with E-state index in [1.807, 2.05) is 26.1 Å². The number of nitrogens with one attached hydrogen (secondary N) is 1. The van der Waals surface area contributed by atoms with Crippen molar-refractivity contribution in [2.45, 2.75) is 39.2 Å². The monoisotopic (exact) mass is 473 g/mol. The molecule has 1 heterocycles. The average Bonchev–Trinajstić information content (AvgIpc) is 3.07. The Kier molecular flexibility index (Phi) is 8.31. The first-order valence-electron chi connectivity index (χ1n) is 9.50. The largest absolute Gasteiger partial charge is 0.493 e. The number of rotatable bonds is 5. The summed E-state index contributed by atoms with van der Waals surface area (Å²) >= 11 is 0. The molecule has 1 N–H and O–H groups in total. The normalized spacial score (nSPS) is 22.4. The molecule has 2 unspecified atom stereocenters. The van der Waals surface area contributed by atoms with Gasteiger partial charge in [-0.3, -0.25) is 4.99 Å². The lowest BCUT2D eigenvalue weighted by molar-refractivity contribution is 0.299. The van der Waals surface area contributed by atoms with Crippen LogP contribution in [-0.4, -0.2) is 44.7 Å². The predicted molar refractivity (Wildman–Crippen MR) is 117 cm³/mol. The van der Waals surface area contributed by atoms with Crippen molar-refractivity contribution in [3.8, 4) is 11.5 Å². The first kappa shape index (κ1) is 21.1. The fourth-order valence-corrected chi connectivity index (χ4v) is 4.19. The second kappa shape index (κ2) is 10.2. The van der Waals surface area contributed by atoms with E-state index in [2.05, 4.69) is 21.3 Å². The molecule has 0 aromatic heterocycles. The van der Waals surface area contributed by atoms with Gasteiger partial charge in [0, 0.05) is 26.7 Å². The lowest BCUT2D eigenvalue weighted by Gasteiger charge is -2.22. The Bertz CT molecular complexity index is 595. The van der Waals surface area contributed by atoms with Gasteiger partial charge in [0.2, 0.25) is 0 Å². The van der Waals surface area contributed by atoms with E-state index < -0.39 is 0 Å². The molecule has 1 aliphatic heterocycles. The van der Waals surface area contributed by atoms with Crippen LogP contribution in [0.3, 0.4) is 0 Å². The summed E-state index contributed by atoms with van der Waals surface area (Å²) in [6.45, 7) is 5.65. The molecule has 0 spiro atoms. The highest BCUT2D eigenvalue weighted by molar-refractivity contribution is 14.0. The fraction of sp³-hybridized carbons (Fsp3) is 0.650. The molecule has 2 fully saturated rings. The van der Waals surface area contributed by atoms with E-state index in [0.717, 1.165) is 54.5 Å². The van der Waals surface area contributed by atoms with Crippen molar-refractivity contribution in [1.29, 1.82) is 0 Å². The Balaban J connectivity index is 0.00000243. The Hall–Kier alpha value is -1.18. The van der Waals surface area contributed by atoms with E-state index in [0.29, 0.717) is 6.61 Å². The number of benzene rings is 1. The predicted octanol–water partition coefficient (Wildman–Crippen LogP) is 3.91. The van der Waals surface area contributed by atoms with E-state index >= 15 is 0 Å². The number of likely N-dealkylation sites (tertiary alicyclic amines) is 1. The van der Waals surface area contributed by atoms with E-state index in [1.165, 1.54) is 25.7 Å². The Morgan fingerprint density at radius 2 is 1.88 bits per heavy atom. The molecule has 1 saturated heterocycles. The summed E-state index contributed by atoms with van der Waals surface area (Å²) in [5.41, 5.74) is 1.16. The van der Waals surface area contributed by atoms with Crippen LogP contribution in [0.5, 0.6) is 11.5 Å². The maximum absolute atomic E-state index is 5.59. The first-order chi connectivity index (χ1) is 12.2. The molecule has 2 aliphatic rings. The molecule has 0 radical (unpaired) electrons. The van der Waals surface area contributed by atoms with E-state index in [9.17, 15) is 0 Å². The van der Waals surface area contributed by atoms with Crippen molar-refractivity contribution in [3.05, 3.63) is 23.8 Å². The number of aliphatic imine (C=N–C) groups is 1. The number of halogens is 1. The molecule has 6 heteroatoms. The topological polar surface area (TPSA) is 46.1 Å². The highest BCUT2D eigenvalue weighted by Crippen LogP contribution is 2.36. The number of guanidine groups is 1. The van der Waals surface area contributed by atoms with Crippen molar-refractivity contribution in [1.82, 2.24) is 10.2 Å². The van der Waals surface area contributed by atoms with Crippen molar-refractivity contribution in [3.63, 3.8) is 0 Å². The smallest absolute Gasteiger partial charge is 0.193 e. The van der Waals surface area contributed by atoms with Gasteiger partial charge in [-0.05, 0) is 49.3 Å². The zero-order chi connectivity index (χ0) is 17.6. The minimum atomic E-state index is 0. The molecule has 1 aromatic carbocycles. The van der Waals surface area contributed by atoms with E-state index in [-0.39, 0.29) is 24.0 Å². The molecule has 0 amide bonds. The maximum Gasteiger partial charge on any atom is 0.193 e. The van der Waals surface area contributed by atoms with Crippen LogP contribution in [0, 0.1) is 11.8 Å². The number of hydrogen-bond acceptors (Lipinski definition) is 3. The molecule has 2 atom stereocenters.